The van der Waals surface area contributed by atoms with E-state index in [4.69, 9.17) is 10.5 Å². The highest BCUT2D eigenvalue weighted by molar-refractivity contribution is 4.85. The molecule has 1 fully saturated rings. The van der Waals surface area contributed by atoms with Crippen LogP contribution in [0.15, 0.2) is 0 Å². The standard InChI is InChI=1S/C10H22N2O/c1-4-10(2,11)8-12-6-5-9(7-12)13-3/h9H,4-8,11H2,1-3H3. The molecule has 2 unspecified atom stereocenters. The summed E-state index contributed by atoms with van der Waals surface area (Å²) in [5, 5.41) is 0. The SMILES string of the molecule is CCC(C)(N)CN1CCC(OC)C1. The van der Waals surface area contributed by atoms with Crippen molar-refractivity contribution >= 4 is 0 Å². The summed E-state index contributed by atoms with van der Waals surface area (Å²) in [5.74, 6) is 0. The van der Waals surface area contributed by atoms with Gasteiger partial charge in [-0.3, -0.25) is 4.90 Å². The Hall–Kier alpha value is -0.120. The Morgan fingerprint density at radius 1 is 1.62 bits per heavy atom. The van der Waals surface area contributed by atoms with Crippen molar-refractivity contribution in [2.24, 2.45) is 5.73 Å². The molecule has 0 aromatic rings. The summed E-state index contributed by atoms with van der Waals surface area (Å²) in [6, 6.07) is 0. The van der Waals surface area contributed by atoms with Gasteiger partial charge in [0, 0.05) is 32.3 Å². The Kier molecular flexibility index (Phi) is 3.71. The van der Waals surface area contributed by atoms with Crippen LogP contribution in [-0.2, 0) is 4.74 Å². The lowest BCUT2D eigenvalue weighted by molar-refractivity contribution is 0.105. The molecular formula is C10H22N2O. The smallest absolute Gasteiger partial charge is 0.0710 e. The number of likely N-dealkylation sites (tertiary alicyclic amines) is 1. The van der Waals surface area contributed by atoms with Crippen molar-refractivity contribution in [1.82, 2.24) is 4.90 Å². The van der Waals surface area contributed by atoms with Crippen LogP contribution < -0.4 is 5.73 Å². The maximum atomic E-state index is 6.10. The molecule has 1 rings (SSSR count). The first kappa shape index (κ1) is 11.0. The second-order valence-corrected chi connectivity index (χ2v) is 4.39. The van der Waals surface area contributed by atoms with Gasteiger partial charge in [-0.05, 0) is 19.8 Å². The fourth-order valence-corrected chi connectivity index (χ4v) is 1.76. The van der Waals surface area contributed by atoms with Crippen LogP contribution in [0, 0.1) is 0 Å². The zero-order chi connectivity index (χ0) is 9.90. The molecule has 0 saturated carbocycles. The third-order valence-electron chi connectivity index (χ3n) is 2.95. The number of nitrogens with zero attached hydrogens (tertiary/aromatic N) is 1. The third kappa shape index (κ3) is 3.25. The second-order valence-electron chi connectivity index (χ2n) is 4.39. The largest absolute Gasteiger partial charge is 0.380 e. The number of rotatable bonds is 4. The van der Waals surface area contributed by atoms with Gasteiger partial charge in [0.2, 0.25) is 0 Å². The molecule has 0 bridgehead atoms. The van der Waals surface area contributed by atoms with Crippen LogP contribution in [-0.4, -0.2) is 43.3 Å². The molecule has 1 saturated heterocycles. The first-order valence-electron chi connectivity index (χ1n) is 5.11. The molecule has 78 valence electrons. The minimum Gasteiger partial charge on any atom is -0.380 e. The van der Waals surface area contributed by atoms with Gasteiger partial charge in [0.05, 0.1) is 6.10 Å². The molecule has 0 aromatic heterocycles. The Morgan fingerprint density at radius 3 is 2.77 bits per heavy atom. The minimum absolute atomic E-state index is 0.0391. The van der Waals surface area contributed by atoms with E-state index in [-0.39, 0.29) is 5.54 Å². The molecular weight excluding hydrogens is 164 g/mol. The fraction of sp³-hybridized carbons (Fsp3) is 1.00. The molecule has 0 aliphatic carbocycles. The van der Waals surface area contributed by atoms with Gasteiger partial charge in [-0.1, -0.05) is 6.92 Å². The van der Waals surface area contributed by atoms with Crippen LogP contribution in [0.1, 0.15) is 26.7 Å². The monoisotopic (exact) mass is 186 g/mol. The van der Waals surface area contributed by atoms with Gasteiger partial charge in [-0.15, -0.1) is 0 Å². The lowest BCUT2D eigenvalue weighted by Gasteiger charge is -2.28. The van der Waals surface area contributed by atoms with Crippen molar-refractivity contribution in [3.05, 3.63) is 0 Å². The quantitative estimate of drug-likeness (QED) is 0.707. The second kappa shape index (κ2) is 4.40. The molecule has 1 aliphatic rings. The van der Waals surface area contributed by atoms with Crippen molar-refractivity contribution in [1.29, 1.82) is 0 Å². The average Bonchev–Trinajstić information content (AvgIpc) is 2.52. The predicted octanol–water partition coefficient (Wildman–Crippen LogP) is 0.835. The summed E-state index contributed by atoms with van der Waals surface area (Å²) in [7, 11) is 1.79. The van der Waals surface area contributed by atoms with E-state index in [1.54, 1.807) is 7.11 Å². The van der Waals surface area contributed by atoms with E-state index < -0.39 is 0 Å². The van der Waals surface area contributed by atoms with Crippen LogP contribution in [0.4, 0.5) is 0 Å². The summed E-state index contributed by atoms with van der Waals surface area (Å²) in [6.45, 7) is 7.43. The molecule has 1 heterocycles. The lowest BCUT2D eigenvalue weighted by atomic mass is 10.0. The van der Waals surface area contributed by atoms with Crippen molar-refractivity contribution in [2.45, 2.75) is 38.3 Å². The number of methoxy groups -OCH3 is 1. The number of nitrogens with two attached hydrogens (primary N) is 1. The third-order valence-corrected chi connectivity index (χ3v) is 2.95. The predicted molar refractivity (Wildman–Crippen MR) is 54.7 cm³/mol. The highest BCUT2D eigenvalue weighted by atomic mass is 16.5. The summed E-state index contributed by atoms with van der Waals surface area (Å²) in [6.07, 6.45) is 2.60. The van der Waals surface area contributed by atoms with E-state index in [1.807, 2.05) is 0 Å². The highest BCUT2D eigenvalue weighted by Crippen LogP contribution is 2.15. The van der Waals surface area contributed by atoms with E-state index in [9.17, 15) is 0 Å². The van der Waals surface area contributed by atoms with Gasteiger partial charge >= 0.3 is 0 Å². The van der Waals surface area contributed by atoms with Crippen molar-refractivity contribution in [3.63, 3.8) is 0 Å². The molecule has 0 amide bonds. The molecule has 13 heavy (non-hydrogen) atoms. The number of hydrogen-bond acceptors (Lipinski definition) is 3. The summed E-state index contributed by atoms with van der Waals surface area (Å²) in [5.41, 5.74) is 6.06. The highest BCUT2D eigenvalue weighted by Gasteiger charge is 2.27. The molecule has 2 N–H and O–H groups in total. The van der Waals surface area contributed by atoms with E-state index >= 15 is 0 Å². The zero-order valence-corrected chi connectivity index (χ0v) is 9.05. The van der Waals surface area contributed by atoms with Crippen LogP contribution in [0.3, 0.4) is 0 Å². The van der Waals surface area contributed by atoms with Gasteiger partial charge in [-0.25, -0.2) is 0 Å². The molecule has 0 spiro atoms. The van der Waals surface area contributed by atoms with E-state index in [0.29, 0.717) is 6.10 Å². The summed E-state index contributed by atoms with van der Waals surface area (Å²) < 4.78 is 5.31. The van der Waals surface area contributed by atoms with E-state index in [0.717, 1.165) is 32.5 Å². The van der Waals surface area contributed by atoms with Crippen molar-refractivity contribution < 1.29 is 4.74 Å². The Balaban J connectivity index is 2.31. The van der Waals surface area contributed by atoms with Gasteiger partial charge in [0.15, 0.2) is 0 Å². The first-order chi connectivity index (χ1) is 6.07. The summed E-state index contributed by atoms with van der Waals surface area (Å²) in [4.78, 5) is 2.40. The molecule has 0 radical (unpaired) electrons. The van der Waals surface area contributed by atoms with Crippen molar-refractivity contribution in [2.75, 3.05) is 26.7 Å². The van der Waals surface area contributed by atoms with Gasteiger partial charge in [0.1, 0.15) is 0 Å². The van der Waals surface area contributed by atoms with Crippen LogP contribution in [0.5, 0.6) is 0 Å². The van der Waals surface area contributed by atoms with Crippen LogP contribution in [0.2, 0.25) is 0 Å². The van der Waals surface area contributed by atoms with Gasteiger partial charge in [-0.2, -0.15) is 0 Å². The molecule has 2 atom stereocenters. The molecule has 0 aromatic carbocycles. The van der Waals surface area contributed by atoms with Gasteiger partial charge in [0.25, 0.3) is 0 Å². The van der Waals surface area contributed by atoms with Crippen LogP contribution in [0.25, 0.3) is 0 Å². The fourth-order valence-electron chi connectivity index (χ4n) is 1.76. The lowest BCUT2D eigenvalue weighted by Crippen LogP contribution is -2.46. The molecule has 3 heteroatoms. The Labute approximate surface area is 81.2 Å². The van der Waals surface area contributed by atoms with Gasteiger partial charge < -0.3 is 10.5 Å². The average molecular weight is 186 g/mol. The Bertz CT molecular complexity index is 159. The maximum Gasteiger partial charge on any atom is 0.0710 e. The van der Waals surface area contributed by atoms with Crippen molar-refractivity contribution in [3.8, 4) is 0 Å². The van der Waals surface area contributed by atoms with E-state index in [2.05, 4.69) is 18.7 Å². The zero-order valence-electron chi connectivity index (χ0n) is 9.05. The normalized spacial score (nSPS) is 29.1. The Morgan fingerprint density at radius 2 is 2.31 bits per heavy atom. The summed E-state index contributed by atoms with van der Waals surface area (Å²) >= 11 is 0. The van der Waals surface area contributed by atoms with E-state index in [1.165, 1.54) is 0 Å². The molecule has 3 nitrogen and oxygen atoms in total. The first-order valence-corrected chi connectivity index (χ1v) is 5.11. The maximum absolute atomic E-state index is 6.10. The topological polar surface area (TPSA) is 38.5 Å². The van der Waals surface area contributed by atoms with Crippen LogP contribution >= 0.6 is 0 Å². The molecule has 1 aliphatic heterocycles. The number of hydrogen-bond donors (Lipinski definition) is 1. The minimum atomic E-state index is -0.0391. The number of ether oxygens (including phenoxy) is 1.